The molecule has 6 nitrogen and oxygen atoms in total. The zero-order valence-electron chi connectivity index (χ0n) is 15.2. The fourth-order valence-electron chi connectivity index (χ4n) is 2.95. The second-order valence-corrected chi connectivity index (χ2v) is 8.66. The first-order valence-electron chi connectivity index (χ1n) is 8.58. The molecule has 0 bridgehead atoms. The summed E-state index contributed by atoms with van der Waals surface area (Å²) in [6, 6.07) is 7.67. The highest BCUT2D eigenvalue weighted by molar-refractivity contribution is 7.89. The van der Waals surface area contributed by atoms with Gasteiger partial charge in [0, 0.05) is 26.2 Å². The number of ether oxygens (including phenoxy) is 1. The van der Waals surface area contributed by atoms with Crippen LogP contribution in [0.15, 0.2) is 47.4 Å². The second-order valence-electron chi connectivity index (χ2n) is 6.31. The van der Waals surface area contributed by atoms with E-state index in [1.807, 2.05) is 0 Å². The lowest BCUT2D eigenvalue weighted by molar-refractivity contribution is -0.274. The van der Waals surface area contributed by atoms with Crippen molar-refractivity contribution in [3.8, 4) is 5.75 Å². The average Bonchev–Trinajstić information content (AvgIpc) is 2.67. The molecule has 1 saturated heterocycles. The van der Waals surface area contributed by atoms with E-state index < -0.39 is 33.9 Å². The Hall–Kier alpha value is -2.37. The highest BCUT2D eigenvalue weighted by Gasteiger charge is 2.33. The minimum Gasteiger partial charge on any atom is -0.406 e. The predicted molar refractivity (Wildman–Crippen MR) is 99.2 cm³/mol. The van der Waals surface area contributed by atoms with Crippen LogP contribution in [0.1, 0.15) is 10.4 Å². The van der Waals surface area contributed by atoms with Gasteiger partial charge in [0.05, 0.1) is 15.5 Å². The fraction of sp³-hybridized carbons (Fsp3) is 0.278. The molecule has 1 heterocycles. The third-order valence-electron chi connectivity index (χ3n) is 4.40. The van der Waals surface area contributed by atoms with Gasteiger partial charge in [0.1, 0.15) is 11.6 Å². The number of piperazine rings is 1. The minimum absolute atomic E-state index is 0.00199. The summed E-state index contributed by atoms with van der Waals surface area (Å²) in [7, 11) is -3.99. The highest BCUT2D eigenvalue weighted by Crippen LogP contribution is 2.26. The summed E-state index contributed by atoms with van der Waals surface area (Å²) in [6.45, 7) is -0.141. The Labute approximate surface area is 174 Å². The molecule has 2 aromatic rings. The van der Waals surface area contributed by atoms with Crippen molar-refractivity contribution < 1.29 is 35.5 Å². The molecule has 12 heteroatoms. The lowest BCUT2D eigenvalue weighted by atomic mass is 10.1. The largest absolute Gasteiger partial charge is 0.573 e. The monoisotopic (exact) mass is 466 g/mol. The molecule has 1 fully saturated rings. The van der Waals surface area contributed by atoms with Crippen LogP contribution in [0, 0.1) is 5.82 Å². The summed E-state index contributed by atoms with van der Waals surface area (Å²) < 4.78 is 80.9. The first-order chi connectivity index (χ1) is 14.0. The molecule has 0 aliphatic carbocycles. The van der Waals surface area contributed by atoms with E-state index in [1.54, 1.807) is 0 Å². The van der Waals surface area contributed by atoms with Crippen LogP contribution in [0.3, 0.4) is 0 Å². The van der Waals surface area contributed by atoms with E-state index in [1.165, 1.54) is 17.0 Å². The van der Waals surface area contributed by atoms with Gasteiger partial charge in [-0.15, -0.1) is 13.2 Å². The van der Waals surface area contributed by atoms with Crippen molar-refractivity contribution in [2.75, 3.05) is 26.2 Å². The topological polar surface area (TPSA) is 66.9 Å². The van der Waals surface area contributed by atoms with Crippen molar-refractivity contribution in [2.24, 2.45) is 0 Å². The summed E-state index contributed by atoms with van der Waals surface area (Å²) in [4.78, 5) is 13.6. The van der Waals surface area contributed by atoms with Gasteiger partial charge in [-0.1, -0.05) is 17.7 Å². The van der Waals surface area contributed by atoms with Crippen LogP contribution in [0.4, 0.5) is 17.6 Å². The summed E-state index contributed by atoms with van der Waals surface area (Å²) >= 11 is 5.90. The van der Waals surface area contributed by atoms with Crippen molar-refractivity contribution >= 4 is 27.5 Å². The molecule has 30 heavy (non-hydrogen) atoms. The van der Waals surface area contributed by atoms with Crippen LogP contribution in [0.2, 0.25) is 5.02 Å². The maximum Gasteiger partial charge on any atom is 0.573 e. The number of rotatable bonds is 4. The number of amides is 1. The van der Waals surface area contributed by atoms with Crippen molar-refractivity contribution in [3.63, 3.8) is 0 Å². The van der Waals surface area contributed by atoms with Crippen LogP contribution in [-0.4, -0.2) is 56.1 Å². The summed E-state index contributed by atoms with van der Waals surface area (Å²) in [5.41, 5.74) is -0.282. The minimum atomic E-state index is -4.88. The summed E-state index contributed by atoms with van der Waals surface area (Å²) in [6.07, 6.45) is -4.88. The molecule has 3 rings (SSSR count). The van der Waals surface area contributed by atoms with Gasteiger partial charge in [-0.3, -0.25) is 4.79 Å². The molecular formula is C18H15ClF4N2O4S. The maximum atomic E-state index is 14.0. The van der Waals surface area contributed by atoms with Crippen molar-refractivity contribution in [2.45, 2.75) is 11.3 Å². The number of alkyl halides is 3. The molecule has 0 N–H and O–H groups in total. The Kier molecular flexibility index (Phi) is 6.25. The molecule has 0 aromatic heterocycles. The smallest absolute Gasteiger partial charge is 0.406 e. The number of carbonyl (C=O) groups excluding carboxylic acids is 1. The van der Waals surface area contributed by atoms with E-state index in [9.17, 15) is 30.8 Å². The molecule has 0 atom stereocenters. The molecule has 0 saturated carbocycles. The average molecular weight is 467 g/mol. The molecular weight excluding hydrogens is 452 g/mol. The van der Waals surface area contributed by atoms with E-state index in [2.05, 4.69) is 4.74 Å². The van der Waals surface area contributed by atoms with E-state index in [0.29, 0.717) is 0 Å². The van der Waals surface area contributed by atoms with Crippen molar-refractivity contribution in [3.05, 3.63) is 58.9 Å². The Balaban J connectivity index is 1.69. The van der Waals surface area contributed by atoms with Gasteiger partial charge in [0.15, 0.2) is 0 Å². The van der Waals surface area contributed by atoms with E-state index in [-0.39, 0.29) is 41.7 Å². The highest BCUT2D eigenvalue weighted by atomic mass is 35.5. The third kappa shape index (κ3) is 4.85. The van der Waals surface area contributed by atoms with Crippen LogP contribution in [0.5, 0.6) is 5.75 Å². The number of hydrogen-bond acceptors (Lipinski definition) is 4. The molecule has 1 aliphatic heterocycles. The predicted octanol–water partition coefficient (Wildman–Crippen LogP) is 3.52. The van der Waals surface area contributed by atoms with Crippen molar-refractivity contribution in [1.29, 1.82) is 0 Å². The lowest BCUT2D eigenvalue weighted by Crippen LogP contribution is -2.50. The first kappa shape index (κ1) is 22.3. The fourth-order valence-corrected chi connectivity index (χ4v) is 4.62. The molecule has 0 unspecified atom stereocenters. The molecule has 1 amide bonds. The van der Waals surface area contributed by atoms with Crippen molar-refractivity contribution in [1.82, 2.24) is 9.21 Å². The Morgan fingerprint density at radius 1 is 1.00 bits per heavy atom. The number of halogens is 5. The summed E-state index contributed by atoms with van der Waals surface area (Å²) in [5.74, 6) is -1.97. The molecule has 1 aliphatic rings. The van der Waals surface area contributed by atoms with Crippen LogP contribution < -0.4 is 4.74 Å². The molecule has 0 radical (unpaired) electrons. The van der Waals surface area contributed by atoms with E-state index in [0.717, 1.165) is 34.6 Å². The molecule has 0 spiro atoms. The number of carbonyl (C=O) groups is 1. The molecule has 162 valence electrons. The van der Waals surface area contributed by atoms with Gasteiger partial charge < -0.3 is 9.64 Å². The van der Waals surface area contributed by atoms with Gasteiger partial charge in [-0.2, -0.15) is 4.31 Å². The van der Waals surface area contributed by atoms with Gasteiger partial charge in [0.2, 0.25) is 10.0 Å². The van der Waals surface area contributed by atoms with Crippen LogP contribution in [0.25, 0.3) is 0 Å². The first-order valence-corrected chi connectivity index (χ1v) is 10.4. The van der Waals surface area contributed by atoms with Gasteiger partial charge in [-0.05, 0) is 36.4 Å². The maximum absolute atomic E-state index is 14.0. The zero-order chi connectivity index (χ0) is 22.1. The Bertz CT molecular complexity index is 1020. The lowest BCUT2D eigenvalue weighted by Gasteiger charge is -2.34. The molecule has 2 aromatic carbocycles. The Morgan fingerprint density at radius 2 is 1.60 bits per heavy atom. The van der Waals surface area contributed by atoms with Gasteiger partial charge in [0.25, 0.3) is 5.91 Å². The Morgan fingerprint density at radius 3 is 2.13 bits per heavy atom. The van der Waals surface area contributed by atoms with Gasteiger partial charge in [-0.25, -0.2) is 12.8 Å². The SMILES string of the molecule is O=C(c1c(F)cccc1Cl)N1CCN(S(=O)(=O)c2ccc(OC(F)(F)F)cc2)CC1. The summed E-state index contributed by atoms with van der Waals surface area (Å²) in [5, 5.41) is -0.0452. The number of hydrogen-bond donors (Lipinski definition) is 0. The number of sulfonamides is 1. The quantitative estimate of drug-likeness (QED) is 0.647. The van der Waals surface area contributed by atoms with Crippen LogP contribution in [-0.2, 0) is 10.0 Å². The number of benzene rings is 2. The van der Waals surface area contributed by atoms with E-state index in [4.69, 9.17) is 11.6 Å². The van der Waals surface area contributed by atoms with E-state index >= 15 is 0 Å². The normalized spacial score (nSPS) is 15.8. The third-order valence-corrected chi connectivity index (χ3v) is 6.63. The van der Waals surface area contributed by atoms with Gasteiger partial charge >= 0.3 is 6.36 Å². The van der Waals surface area contributed by atoms with Crippen LogP contribution >= 0.6 is 11.6 Å². The standard InChI is InChI=1S/C18H15ClF4N2O4S/c19-14-2-1-3-15(20)16(14)17(26)24-8-10-25(11-9-24)30(27,28)13-6-4-12(5-7-13)29-18(21,22)23/h1-7H,8-11H2. The zero-order valence-corrected chi connectivity index (χ0v) is 16.8. The number of nitrogens with zero attached hydrogens (tertiary/aromatic N) is 2. The second kappa shape index (κ2) is 8.40.